The Hall–Kier alpha value is -3.82. The smallest absolute Gasteiger partial charge is 0.256 e. The van der Waals surface area contributed by atoms with Gasteiger partial charge in [-0.1, -0.05) is 36.0 Å². The maximum absolute atomic E-state index is 12.9. The fourth-order valence-corrected chi connectivity index (χ4v) is 3.95. The van der Waals surface area contributed by atoms with Crippen LogP contribution in [0.1, 0.15) is 21.8 Å². The number of carbonyl (C=O) groups is 1. The Labute approximate surface area is 178 Å². The molecule has 146 valence electrons. The fraction of sp³-hybridized carbons (Fsp3) is 0.0417. The van der Waals surface area contributed by atoms with Gasteiger partial charge in [0.05, 0.1) is 17.3 Å². The second-order valence-corrected chi connectivity index (χ2v) is 7.56. The minimum atomic E-state index is -0.212. The van der Waals surface area contributed by atoms with E-state index >= 15 is 0 Å². The molecule has 0 saturated heterocycles. The van der Waals surface area contributed by atoms with Crippen LogP contribution in [0.15, 0.2) is 93.2 Å². The molecule has 1 heterocycles. The average molecular weight is 411 g/mol. The van der Waals surface area contributed by atoms with Gasteiger partial charge in [-0.2, -0.15) is 5.26 Å². The van der Waals surface area contributed by atoms with Crippen molar-refractivity contribution in [3.63, 3.8) is 0 Å². The van der Waals surface area contributed by atoms with E-state index in [9.17, 15) is 10.1 Å². The molecule has 0 saturated carbocycles. The van der Waals surface area contributed by atoms with Crippen molar-refractivity contribution in [1.29, 1.82) is 5.26 Å². The summed E-state index contributed by atoms with van der Waals surface area (Å²) in [6.45, 7) is 1.79. The molecule has 1 amide bonds. The monoisotopic (exact) mass is 411 g/mol. The van der Waals surface area contributed by atoms with E-state index in [-0.39, 0.29) is 5.91 Å². The van der Waals surface area contributed by atoms with Crippen molar-refractivity contribution in [2.75, 3.05) is 5.32 Å². The summed E-state index contributed by atoms with van der Waals surface area (Å²) in [5.74, 6) is 1.08. The summed E-state index contributed by atoms with van der Waals surface area (Å²) in [4.78, 5) is 18.6. The van der Waals surface area contributed by atoms with E-state index < -0.39 is 0 Å². The third-order valence-electron chi connectivity index (χ3n) is 4.41. The first-order valence-corrected chi connectivity index (χ1v) is 10.1. The quantitative estimate of drug-likeness (QED) is 0.441. The van der Waals surface area contributed by atoms with Gasteiger partial charge in [-0.3, -0.25) is 4.79 Å². The Morgan fingerprint density at radius 3 is 2.40 bits per heavy atom. The van der Waals surface area contributed by atoms with Crippen LogP contribution in [0.5, 0.6) is 0 Å². The van der Waals surface area contributed by atoms with Gasteiger partial charge in [-0.25, -0.2) is 4.98 Å². The maximum Gasteiger partial charge on any atom is 0.256 e. The molecule has 0 aliphatic heterocycles. The molecule has 4 rings (SSSR count). The van der Waals surface area contributed by atoms with Crippen molar-refractivity contribution in [2.24, 2.45) is 0 Å². The SMILES string of the molecule is Cc1ncc(-c2ccc(NC(=O)c3ccccc3Sc3ccccc3C#N)cc2)o1. The summed E-state index contributed by atoms with van der Waals surface area (Å²) in [5, 5.41) is 12.3. The number of anilines is 1. The van der Waals surface area contributed by atoms with Gasteiger partial charge in [0.15, 0.2) is 11.7 Å². The van der Waals surface area contributed by atoms with Crippen LogP contribution in [-0.4, -0.2) is 10.9 Å². The van der Waals surface area contributed by atoms with Crippen molar-refractivity contribution in [3.05, 3.63) is 96.0 Å². The molecule has 3 aromatic carbocycles. The number of oxazole rings is 1. The standard InChI is InChI=1S/C24H17N3O2S/c1-16-26-15-21(29-16)17-10-12-19(13-11-17)27-24(28)20-7-3-5-9-23(20)30-22-8-4-2-6-18(22)14-25/h2-13,15H,1H3,(H,27,28). The van der Waals surface area contributed by atoms with Crippen molar-refractivity contribution in [1.82, 2.24) is 4.98 Å². The fourth-order valence-electron chi connectivity index (χ4n) is 2.92. The highest BCUT2D eigenvalue weighted by Gasteiger charge is 2.14. The number of benzene rings is 3. The molecule has 0 spiro atoms. The lowest BCUT2D eigenvalue weighted by molar-refractivity contribution is 0.102. The summed E-state index contributed by atoms with van der Waals surface area (Å²) >= 11 is 1.40. The van der Waals surface area contributed by atoms with Gasteiger partial charge in [-0.05, 0) is 48.5 Å². The number of hydrogen-bond acceptors (Lipinski definition) is 5. The minimum absolute atomic E-state index is 0.212. The predicted octanol–water partition coefficient (Wildman–Crippen LogP) is 5.93. The topological polar surface area (TPSA) is 78.9 Å². The second kappa shape index (κ2) is 8.68. The number of nitrogens with zero attached hydrogens (tertiary/aromatic N) is 2. The molecule has 0 bridgehead atoms. The highest BCUT2D eigenvalue weighted by molar-refractivity contribution is 7.99. The van der Waals surface area contributed by atoms with E-state index in [0.29, 0.717) is 28.5 Å². The molecule has 0 fully saturated rings. The molecule has 6 heteroatoms. The van der Waals surface area contributed by atoms with Crippen LogP contribution in [0.25, 0.3) is 11.3 Å². The second-order valence-electron chi connectivity index (χ2n) is 6.48. The molecule has 0 atom stereocenters. The first-order valence-electron chi connectivity index (χ1n) is 9.24. The molecule has 0 aliphatic rings. The first-order chi connectivity index (χ1) is 14.6. The number of nitrogens with one attached hydrogen (secondary N) is 1. The molecule has 4 aromatic rings. The lowest BCUT2D eigenvalue weighted by atomic mass is 10.1. The zero-order valence-corrected chi connectivity index (χ0v) is 16.9. The minimum Gasteiger partial charge on any atom is -0.441 e. The summed E-state index contributed by atoms with van der Waals surface area (Å²) in [6, 6.07) is 24.3. The Bertz CT molecular complexity index is 1240. The number of amides is 1. The largest absolute Gasteiger partial charge is 0.441 e. The Kier molecular flexibility index (Phi) is 5.64. The molecule has 30 heavy (non-hydrogen) atoms. The summed E-state index contributed by atoms with van der Waals surface area (Å²) in [5.41, 5.74) is 2.69. The highest BCUT2D eigenvalue weighted by Crippen LogP contribution is 2.33. The predicted molar refractivity (Wildman–Crippen MR) is 116 cm³/mol. The molecule has 0 aliphatic carbocycles. The van der Waals surface area contributed by atoms with Crippen LogP contribution >= 0.6 is 11.8 Å². The molecule has 0 unspecified atom stereocenters. The number of aromatic nitrogens is 1. The van der Waals surface area contributed by atoms with Crippen LogP contribution in [0.4, 0.5) is 5.69 Å². The third-order valence-corrected chi connectivity index (χ3v) is 5.56. The van der Waals surface area contributed by atoms with Crippen molar-refractivity contribution in [3.8, 4) is 17.4 Å². The lowest BCUT2D eigenvalue weighted by Gasteiger charge is -2.11. The third kappa shape index (κ3) is 4.27. The van der Waals surface area contributed by atoms with Gasteiger partial charge in [0.25, 0.3) is 5.91 Å². The van der Waals surface area contributed by atoms with E-state index in [2.05, 4.69) is 16.4 Å². The van der Waals surface area contributed by atoms with E-state index in [4.69, 9.17) is 4.42 Å². The zero-order valence-electron chi connectivity index (χ0n) is 16.1. The lowest BCUT2D eigenvalue weighted by Crippen LogP contribution is -2.12. The van der Waals surface area contributed by atoms with Gasteiger partial charge < -0.3 is 9.73 Å². The molecule has 1 aromatic heterocycles. The van der Waals surface area contributed by atoms with Crippen molar-refractivity contribution < 1.29 is 9.21 Å². The average Bonchev–Trinajstić information content (AvgIpc) is 3.21. The van der Waals surface area contributed by atoms with Gasteiger partial charge >= 0.3 is 0 Å². The summed E-state index contributed by atoms with van der Waals surface area (Å²) < 4.78 is 5.53. The van der Waals surface area contributed by atoms with E-state index in [1.54, 1.807) is 25.3 Å². The van der Waals surface area contributed by atoms with E-state index in [1.165, 1.54) is 11.8 Å². The van der Waals surface area contributed by atoms with E-state index in [1.807, 2.05) is 60.7 Å². The molecular formula is C24H17N3O2S. The summed E-state index contributed by atoms with van der Waals surface area (Å²) in [7, 11) is 0. The first kappa shape index (κ1) is 19.5. The molecule has 1 N–H and O–H groups in total. The normalized spacial score (nSPS) is 10.4. The van der Waals surface area contributed by atoms with E-state index in [0.717, 1.165) is 15.4 Å². The molecule has 0 radical (unpaired) electrons. The van der Waals surface area contributed by atoms with Gasteiger partial charge in [0.2, 0.25) is 0 Å². The maximum atomic E-state index is 12.9. The molecule has 5 nitrogen and oxygen atoms in total. The van der Waals surface area contributed by atoms with Crippen LogP contribution < -0.4 is 5.32 Å². The molecular weight excluding hydrogens is 394 g/mol. The van der Waals surface area contributed by atoms with Gasteiger partial charge in [0.1, 0.15) is 6.07 Å². The Morgan fingerprint density at radius 1 is 1.00 bits per heavy atom. The Balaban J connectivity index is 1.53. The van der Waals surface area contributed by atoms with Gasteiger partial charge in [-0.15, -0.1) is 0 Å². The van der Waals surface area contributed by atoms with Crippen LogP contribution in [0.2, 0.25) is 0 Å². The number of nitriles is 1. The number of rotatable bonds is 5. The van der Waals surface area contributed by atoms with Gasteiger partial charge in [0, 0.05) is 28.0 Å². The highest BCUT2D eigenvalue weighted by atomic mass is 32.2. The van der Waals surface area contributed by atoms with Crippen LogP contribution in [0, 0.1) is 18.3 Å². The number of hydrogen-bond donors (Lipinski definition) is 1. The van der Waals surface area contributed by atoms with Crippen LogP contribution in [0.3, 0.4) is 0 Å². The zero-order chi connectivity index (χ0) is 20.9. The van der Waals surface area contributed by atoms with Crippen LogP contribution in [-0.2, 0) is 0 Å². The Morgan fingerprint density at radius 2 is 1.70 bits per heavy atom. The summed E-state index contributed by atoms with van der Waals surface area (Å²) in [6.07, 6.45) is 1.68. The number of carbonyl (C=O) groups excluding carboxylic acids is 1. The number of aryl methyl sites for hydroxylation is 1. The van der Waals surface area contributed by atoms with Crippen molar-refractivity contribution in [2.45, 2.75) is 16.7 Å². The van der Waals surface area contributed by atoms with Crippen molar-refractivity contribution >= 4 is 23.4 Å².